The molecule has 0 radical (unpaired) electrons. The lowest BCUT2D eigenvalue weighted by atomic mass is 10.1. The maximum atomic E-state index is 12.5. The van der Waals surface area contributed by atoms with Crippen molar-refractivity contribution in [3.8, 4) is 11.5 Å². The molecule has 2 rings (SSSR count). The SMILES string of the molecule is CN=C(NCCc1ccc(OC)c(OC(F)F)c1)N(C)Cc1csc(C)n1. The number of rotatable bonds is 8. The monoisotopic (exact) mass is 398 g/mol. The Hall–Kier alpha value is -2.42. The Balaban J connectivity index is 1.91. The number of hydrogen-bond donors (Lipinski definition) is 1. The smallest absolute Gasteiger partial charge is 0.387 e. The zero-order valence-electron chi connectivity index (χ0n) is 15.8. The van der Waals surface area contributed by atoms with E-state index < -0.39 is 6.61 Å². The van der Waals surface area contributed by atoms with Crippen molar-refractivity contribution >= 4 is 17.3 Å². The Bertz CT molecular complexity index is 768. The van der Waals surface area contributed by atoms with E-state index in [-0.39, 0.29) is 11.5 Å². The Labute approximate surface area is 161 Å². The van der Waals surface area contributed by atoms with Gasteiger partial charge in [-0.15, -0.1) is 11.3 Å². The van der Waals surface area contributed by atoms with Gasteiger partial charge in [0.2, 0.25) is 0 Å². The van der Waals surface area contributed by atoms with Gasteiger partial charge in [-0.1, -0.05) is 6.07 Å². The number of hydrogen-bond acceptors (Lipinski definition) is 5. The van der Waals surface area contributed by atoms with Gasteiger partial charge in [-0.2, -0.15) is 8.78 Å². The zero-order valence-corrected chi connectivity index (χ0v) is 16.6. The van der Waals surface area contributed by atoms with Gasteiger partial charge in [0, 0.05) is 26.0 Å². The fourth-order valence-electron chi connectivity index (χ4n) is 2.57. The minimum atomic E-state index is -2.89. The van der Waals surface area contributed by atoms with Gasteiger partial charge in [-0.25, -0.2) is 4.98 Å². The molecule has 0 atom stereocenters. The molecule has 0 aliphatic carbocycles. The van der Waals surface area contributed by atoms with Crippen molar-refractivity contribution < 1.29 is 18.3 Å². The topological polar surface area (TPSA) is 59.0 Å². The maximum absolute atomic E-state index is 12.5. The van der Waals surface area contributed by atoms with Crippen LogP contribution in [0.25, 0.3) is 0 Å². The molecule has 0 amide bonds. The summed E-state index contributed by atoms with van der Waals surface area (Å²) in [6, 6.07) is 5.01. The predicted octanol–water partition coefficient (Wildman–Crippen LogP) is 3.31. The van der Waals surface area contributed by atoms with E-state index in [2.05, 4.69) is 20.0 Å². The van der Waals surface area contributed by atoms with E-state index in [0.717, 1.165) is 22.2 Å². The first-order chi connectivity index (χ1) is 12.9. The van der Waals surface area contributed by atoms with Crippen LogP contribution < -0.4 is 14.8 Å². The number of aliphatic imine (C=N–C) groups is 1. The molecule has 2 aromatic rings. The van der Waals surface area contributed by atoms with E-state index in [4.69, 9.17) is 4.74 Å². The number of thiazole rings is 1. The second-order valence-electron chi connectivity index (χ2n) is 5.80. The van der Waals surface area contributed by atoms with Crippen molar-refractivity contribution in [1.29, 1.82) is 0 Å². The first-order valence-corrected chi connectivity index (χ1v) is 9.25. The van der Waals surface area contributed by atoms with E-state index in [1.165, 1.54) is 7.11 Å². The number of aromatic nitrogens is 1. The second kappa shape index (κ2) is 10.1. The zero-order chi connectivity index (χ0) is 19.8. The number of aryl methyl sites for hydroxylation is 1. The Kier molecular flexibility index (Phi) is 7.78. The molecule has 6 nitrogen and oxygen atoms in total. The molecule has 1 aromatic heterocycles. The average Bonchev–Trinajstić information content (AvgIpc) is 3.03. The fraction of sp³-hybridized carbons (Fsp3) is 0.444. The van der Waals surface area contributed by atoms with Gasteiger partial charge in [0.1, 0.15) is 0 Å². The third-order valence-corrected chi connectivity index (χ3v) is 4.60. The molecule has 0 spiro atoms. The molecule has 0 bridgehead atoms. The van der Waals surface area contributed by atoms with Crippen LogP contribution in [0.5, 0.6) is 11.5 Å². The van der Waals surface area contributed by atoms with Crippen molar-refractivity contribution in [3.63, 3.8) is 0 Å². The first kappa shape index (κ1) is 20.9. The average molecular weight is 398 g/mol. The predicted molar refractivity (Wildman–Crippen MR) is 103 cm³/mol. The Morgan fingerprint density at radius 1 is 1.37 bits per heavy atom. The van der Waals surface area contributed by atoms with E-state index >= 15 is 0 Å². The lowest BCUT2D eigenvalue weighted by Gasteiger charge is -2.21. The number of halogens is 2. The summed E-state index contributed by atoms with van der Waals surface area (Å²) in [4.78, 5) is 10.7. The number of alkyl halides is 2. The van der Waals surface area contributed by atoms with Gasteiger partial charge >= 0.3 is 6.61 Å². The van der Waals surface area contributed by atoms with E-state index in [1.807, 2.05) is 30.3 Å². The Morgan fingerprint density at radius 2 is 2.15 bits per heavy atom. The lowest BCUT2D eigenvalue weighted by molar-refractivity contribution is -0.0512. The van der Waals surface area contributed by atoms with Crippen molar-refractivity contribution in [2.75, 3.05) is 27.7 Å². The third kappa shape index (κ3) is 6.35. The quantitative estimate of drug-likeness (QED) is 0.546. The van der Waals surface area contributed by atoms with Crippen molar-refractivity contribution in [2.45, 2.75) is 26.5 Å². The molecule has 1 heterocycles. The van der Waals surface area contributed by atoms with E-state index in [9.17, 15) is 8.78 Å². The fourth-order valence-corrected chi connectivity index (χ4v) is 3.17. The molecule has 148 valence electrons. The summed E-state index contributed by atoms with van der Waals surface area (Å²) < 4.78 is 34.6. The minimum Gasteiger partial charge on any atom is -0.493 e. The third-order valence-electron chi connectivity index (χ3n) is 3.78. The Morgan fingerprint density at radius 3 is 2.74 bits per heavy atom. The van der Waals surface area contributed by atoms with Crippen LogP contribution in [0, 0.1) is 6.92 Å². The van der Waals surface area contributed by atoms with Crippen molar-refractivity contribution in [3.05, 3.63) is 39.8 Å². The molecule has 1 aromatic carbocycles. The summed E-state index contributed by atoms with van der Waals surface area (Å²) in [7, 11) is 5.07. The van der Waals surface area contributed by atoms with Crippen LogP contribution in [0.15, 0.2) is 28.6 Å². The van der Waals surface area contributed by atoms with Crippen LogP contribution in [0.4, 0.5) is 8.78 Å². The molecule has 0 aliphatic heterocycles. The molecule has 27 heavy (non-hydrogen) atoms. The van der Waals surface area contributed by atoms with Crippen molar-refractivity contribution in [1.82, 2.24) is 15.2 Å². The summed E-state index contributed by atoms with van der Waals surface area (Å²) in [6.07, 6.45) is 0.617. The second-order valence-corrected chi connectivity index (χ2v) is 6.86. The van der Waals surface area contributed by atoms with Crippen LogP contribution in [-0.2, 0) is 13.0 Å². The summed E-state index contributed by atoms with van der Waals surface area (Å²) in [5, 5.41) is 6.32. The number of guanidine groups is 1. The van der Waals surface area contributed by atoms with Gasteiger partial charge in [-0.05, 0) is 31.0 Å². The number of nitrogens with zero attached hydrogens (tertiary/aromatic N) is 3. The van der Waals surface area contributed by atoms with Crippen LogP contribution in [0.2, 0.25) is 0 Å². The standard InChI is InChI=1S/C18H24F2N4O2S/c1-12-23-14(11-27-12)10-24(3)18(21-2)22-8-7-13-5-6-15(25-4)16(9-13)26-17(19)20/h5-6,9,11,17H,7-8,10H2,1-4H3,(H,21,22). The summed E-state index contributed by atoms with van der Waals surface area (Å²) in [6.45, 7) is 0.322. The lowest BCUT2D eigenvalue weighted by Crippen LogP contribution is -2.39. The van der Waals surface area contributed by atoms with Gasteiger partial charge < -0.3 is 19.7 Å². The maximum Gasteiger partial charge on any atom is 0.387 e. The normalized spacial score (nSPS) is 11.6. The first-order valence-electron chi connectivity index (χ1n) is 8.37. The van der Waals surface area contributed by atoms with Crippen molar-refractivity contribution in [2.24, 2.45) is 4.99 Å². The minimum absolute atomic E-state index is 0.0328. The molecular weight excluding hydrogens is 374 g/mol. The van der Waals surface area contributed by atoms with E-state index in [1.54, 1.807) is 30.5 Å². The molecule has 1 N–H and O–H groups in total. The summed E-state index contributed by atoms with van der Waals surface area (Å²) in [5.74, 6) is 1.05. The highest BCUT2D eigenvalue weighted by Gasteiger charge is 2.12. The highest BCUT2D eigenvalue weighted by Crippen LogP contribution is 2.29. The van der Waals surface area contributed by atoms with Gasteiger partial charge in [0.05, 0.1) is 24.4 Å². The van der Waals surface area contributed by atoms with Gasteiger partial charge in [0.15, 0.2) is 17.5 Å². The van der Waals surface area contributed by atoms with Gasteiger partial charge in [-0.3, -0.25) is 4.99 Å². The molecule has 0 saturated heterocycles. The van der Waals surface area contributed by atoms with Crippen LogP contribution in [0.3, 0.4) is 0 Å². The number of methoxy groups -OCH3 is 1. The molecule has 0 saturated carbocycles. The number of benzene rings is 1. The number of nitrogens with one attached hydrogen (secondary N) is 1. The highest BCUT2D eigenvalue weighted by molar-refractivity contribution is 7.09. The summed E-state index contributed by atoms with van der Waals surface area (Å²) >= 11 is 1.62. The van der Waals surface area contributed by atoms with Crippen LogP contribution in [-0.4, -0.2) is 50.2 Å². The number of ether oxygens (including phenoxy) is 2. The van der Waals surface area contributed by atoms with Crippen LogP contribution >= 0.6 is 11.3 Å². The highest BCUT2D eigenvalue weighted by atomic mass is 32.1. The summed E-state index contributed by atoms with van der Waals surface area (Å²) in [5.41, 5.74) is 1.85. The molecule has 0 aliphatic rings. The largest absolute Gasteiger partial charge is 0.493 e. The molecule has 0 fully saturated rings. The van der Waals surface area contributed by atoms with Gasteiger partial charge in [0.25, 0.3) is 0 Å². The van der Waals surface area contributed by atoms with Crippen LogP contribution in [0.1, 0.15) is 16.3 Å². The van der Waals surface area contributed by atoms with E-state index in [0.29, 0.717) is 19.5 Å². The molecule has 9 heteroatoms. The molecule has 0 unspecified atom stereocenters. The molecular formula is C18H24F2N4O2S.